The summed E-state index contributed by atoms with van der Waals surface area (Å²) in [5.41, 5.74) is 4.30. The standard InChI is InChI=1S/C28H33N5O4S/c1-32(2)12-5-13-37-26-23(31-38(35,36)20-7-8-20)15-19(16-30-26)18-6-9-22-21(14-18)25-24(17-29-22)33(3)27(34)28(25)10-4-11-28/h6,9,14-17,20,31H,4-5,7-8,10-13H2,1-3H3. The van der Waals surface area contributed by atoms with Gasteiger partial charge in [0.25, 0.3) is 0 Å². The van der Waals surface area contributed by atoms with Gasteiger partial charge in [0.2, 0.25) is 21.8 Å². The first-order valence-electron chi connectivity index (χ1n) is 13.2. The summed E-state index contributed by atoms with van der Waals surface area (Å²) in [5.74, 6) is 0.424. The number of fused-ring (bicyclic) bond motifs is 4. The minimum atomic E-state index is -3.50. The van der Waals surface area contributed by atoms with E-state index in [9.17, 15) is 13.2 Å². The van der Waals surface area contributed by atoms with E-state index in [4.69, 9.17) is 4.74 Å². The van der Waals surface area contributed by atoms with Crippen LogP contribution in [0.4, 0.5) is 11.4 Å². The van der Waals surface area contributed by atoms with Crippen molar-refractivity contribution in [3.63, 3.8) is 0 Å². The van der Waals surface area contributed by atoms with E-state index in [1.165, 1.54) is 0 Å². The molecule has 0 saturated heterocycles. The Bertz CT molecular complexity index is 1530. The molecule has 1 N–H and O–H groups in total. The Labute approximate surface area is 223 Å². The molecule has 0 atom stereocenters. The molecule has 3 aromatic rings. The van der Waals surface area contributed by atoms with Crippen molar-refractivity contribution in [2.45, 2.75) is 49.2 Å². The molecule has 200 valence electrons. The predicted octanol–water partition coefficient (Wildman–Crippen LogP) is 3.93. The molecule has 0 unspecified atom stereocenters. The zero-order valence-electron chi connectivity index (χ0n) is 22.0. The topological polar surface area (TPSA) is 105 Å². The fraction of sp³-hybridized carbons (Fsp3) is 0.464. The molecule has 2 fully saturated rings. The van der Waals surface area contributed by atoms with E-state index in [0.29, 0.717) is 25.1 Å². The summed E-state index contributed by atoms with van der Waals surface area (Å²) >= 11 is 0. The monoisotopic (exact) mass is 535 g/mol. The first kappa shape index (κ1) is 25.1. The van der Waals surface area contributed by atoms with Gasteiger partial charge < -0.3 is 14.5 Å². The molecule has 3 aliphatic rings. The molecule has 38 heavy (non-hydrogen) atoms. The molecule has 3 heterocycles. The summed E-state index contributed by atoms with van der Waals surface area (Å²) in [6.45, 7) is 1.29. The van der Waals surface area contributed by atoms with Gasteiger partial charge in [0.1, 0.15) is 5.69 Å². The van der Waals surface area contributed by atoms with E-state index in [0.717, 1.165) is 65.5 Å². The summed E-state index contributed by atoms with van der Waals surface area (Å²) in [7, 11) is 2.32. The normalized spacial score (nSPS) is 18.2. The molecule has 6 rings (SSSR count). The fourth-order valence-electron chi connectivity index (χ4n) is 5.61. The maximum atomic E-state index is 13.2. The van der Waals surface area contributed by atoms with Gasteiger partial charge in [-0.25, -0.2) is 13.4 Å². The number of benzene rings is 1. The number of anilines is 2. The van der Waals surface area contributed by atoms with Gasteiger partial charge in [-0.05, 0) is 70.0 Å². The van der Waals surface area contributed by atoms with Crippen molar-refractivity contribution in [1.82, 2.24) is 14.9 Å². The van der Waals surface area contributed by atoms with Crippen LogP contribution in [0.2, 0.25) is 0 Å². The first-order valence-corrected chi connectivity index (χ1v) is 14.8. The number of sulfonamides is 1. The van der Waals surface area contributed by atoms with Crippen molar-refractivity contribution in [1.29, 1.82) is 0 Å². The molecule has 1 spiro atoms. The number of aromatic nitrogens is 2. The van der Waals surface area contributed by atoms with Crippen LogP contribution in [0.3, 0.4) is 0 Å². The quantitative estimate of drug-likeness (QED) is 0.414. The average molecular weight is 536 g/mol. The van der Waals surface area contributed by atoms with Crippen LogP contribution in [-0.2, 0) is 20.2 Å². The lowest BCUT2D eigenvalue weighted by atomic mass is 9.64. The number of carbonyl (C=O) groups is 1. The van der Waals surface area contributed by atoms with Crippen LogP contribution in [0.1, 0.15) is 44.1 Å². The van der Waals surface area contributed by atoms with E-state index in [2.05, 4.69) is 25.7 Å². The van der Waals surface area contributed by atoms with Gasteiger partial charge in [-0.15, -0.1) is 0 Å². The number of carbonyl (C=O) groups excluding carboxylic acids is 1. The molecule has 9 nitrogen and oxygen atoms in total. The van der Waals surface area contributed by atoms with Gasteiger partial charge in [-0.1, -0.05) is 12.5 Å². The van der Waals surface area contributed by atoms with Crippen molar-refractivity contribution in [3.8, 4) is 17.0 Å². The third-order valence-electron chi connectivity index (χ3n) is 8.00. The van der Waals surface area contributed by atoms with Crippen LogP contribution in [0.15, 0.2) is 36.7 Å². The number of nitrogens with one attached hydrogen (secondary N) is 1. The van der Waals surface area contributed by atoms with Crippen LogP contribution >= 0.6 is 0 Å². The molecular formula is C28H33N5O4S. The summed E-state index contributed by atoms with van der Waals surface area (Å²) in [5, 5.41) is 0.594. The van der Waals surface area contributed by atoms with E-state index >= 15 is 0 Å². The number of amides is 1. The van der Waals surface area contributed by atoms with Gasteiger partial charge in [-0.3, -0.25) is 14.5 Å². The molecule has 0 bridgehead atoms. The largest absolute Gasteiger partial charge is 0.476 e. The molecule has 2 aliphatic carbocycles. The minimum absolute atomic E-state index is 0.146. The Morgan fingerprint density at radius 3 is 2.61 bits per heavy atom. The zero-order valence-corrected chi connectivity index (χ0v) is 22.8. The third kappa shape index (κ3) is 4.19. The second-order valence-electron chi connectivity index (χ2n) is 11.0. The van der Waals surface area contributed by atoms with Gasteiger partial charge in [0, 0.05) is 36.3 Å². The summed E-state index contributed by atoms with van der Waals surface area (Å²) in [6.07, 6.45) is 8.37. The zero-order chi connectivity index (χ0) is 26.7. The van der Waals surface area contributed by atoms with Crippen molar-refractivity contribution >= 4 is 38.2 Å². The SMILES string of the molecule is CN(C)CCCOc1ncc(-c2ccc3ncc4c(c3c2)C2(CCC2)C(=O)N4C)cc1NS(=O)(=O)C1CC1. The third-order valence-corrected chi connectivity index (χ3v) is 9.85. The number of hydrogen-bond acceptors (Lipinski definition) is 7. The second-order valence-corrected chi connectivity index (χ2v) is 12.9. The second kappa shape index (κ2) is 9.20. The van der Waals surface area contributed by atoms with E-state index in [-0.39, 0.29) is 17.0 Å². The Morgan fingerprint density at radius 2 is 1.92 bits per heavy atom. The Balaban J connectivity index is 1.39. The number of ether oxygens (including phenoxy) is 1. The van der Waals surface area contributed by atoms with Crippen LogP contribution < -0.4 is 14.4 Å². The molecule has 0 radical (unpaired) electrons. The number of likely N-dealkylation sites (N-methyl/N-ethyl adjacent to an activating group) is 1. The lowest BCUT2D eigenvalue weighted by Gasteiger charge is -2.37. The van der Waals surface area contributed by atoms with Crippen LogP contribution in [0.25, 0.3) is 22.0 Å². The molecule has 2 saturated carbocycles. The molecule has 1 aliphatic heterocycles. The van der Waals surface area contributed by atoms with Gasteiger partial charge in [0.05, 0.1) is 34.7 Å². The van der Waals surface area contributed by atoms with Crippen LogP contribution in [0.5, 0.6) is 5.88 Å². The highest BCUT2D eigenvalue weighted by atomic mass is 32.2. The number of rotatable bonds is 9. The van der Waals surface area contributed by atoms with Crippen molar-refractivity contribution in [2.75, 3.05) is 43.9 Å². The summed E-state index contributed by atoms with van der Waals surface area (Å²) < 4.78 is 34.3. The highest BCUT2D eigenvalue weighted by Crippen LogP contribution is 2.55. The van der Waals surface area contributed by atoms with Crippen molar-refractivity contribution in [2.24, 2.45) is 0 Å². The molecular weight excluding hydrogens is 502 g/mol. The predicted molar refractivity (Wildman–Crippen MR) is 148 cm³/mol. The van der Waals surface area contributed by atoms with Gasteiger partial charge in [0.15, 0.2) is 0 Å². The number of pyridine rings is 2. The minimum Gasteiger partial charge on any atom is -0.476 e. The molecule has 1 aromatic carbocycles. The Hall–Kier alpha value is -3.24. The molecule has 2 aromatic heterocycles. The lowest BCUT2D eigenvalue weighted by Crippen LogP contribution is -2.43. The van der Waals surface area contributed by atoms with E-state index < -0.39 is 15.4 Å². The van der Waals surface area contributed by atoms with Crippen molar-refractivity contribution in [3.05, 3.63) is 42.2 Å². The summed E-state index contributed by atoms with van der Waals surface area (Å²) in [6, 6.07) is 7.77. The Morgan fingerprint density at radius 1 is 1.13 bits per heavy atom. The first-order chi connectivity index (χ1) is 18.2. The average Bonchev–Trinajstić information content (AvgIpc) is 3.69. The highest BCUT2D eigenvalue weighted by Gasteiger charge is 2.54. The smallest absolute Gasteiger partial charge is 0.238 e. The molecule has 1 amide bonds. The van der Waals surface area contributed by atoms with E-state index in [1.54, 1.807) is 23.4 Å². The van der Waals surface area contributed by atoms with Gasteiger partial charge >= 0.3 is 0 Å². The van der Waals surface area contributed by atoms with E-state index in [1.807, 2.05) is 33.3 Å². The highest BCUT2D eigenvalue weighted by molar-refractivity contribution is 7.93. The van der Waals surface area contributed by atoms with Crippen LogP contribution in [-0.4, -0.2) is 68.7 Å². The maximum Gasteiger partial charge on any atom is 0.238 e. The number of hydrogen-bond donors (Lipinski definition) is 1. The number of nitrogens with zero attached hydrogens (tertiary/aromatic N) is 4. The maximum absolute atomic E-state index is 13.2. The molecule has 10 heteroatoms. The van der Waals surface area contributed by atoms with Crippen molar-refractivity contribution < 1.29 is 17.9 Å². The summed E-state index contributed by atoms with van der Waals surface area (Å²) in [4.78, 5) is 26.2. The lowest BCUT2D eigenvalue weighted by molar-refractivity contribution is -0.125. The fourth-order valence-corrected chi connectivity index (χ4v) is 6.99. The van der Waals surface area contributed by atoms with Gasteiger partial charge in [-0.2, -0.15) is 0 Å². The Kier molecular flexibility index (Phi) is 6.07. The van der Waals surface area contributed by atoms with Crippen LogP contribution in [0, 0.1) is 0 Å².